The number of aliphatic hydroxyl groups is 2. The van der Waals surface area contributed by atoms with Crippen LogP contribution >= 0.6 is 0 Å². The smallest absolute Gasteiger partial charge is 0.417 e. The Bertz CT molecular complexity index is 862. The number of rotatable bonds is 5. The summed E-state index contributed by atoms with van der Waals surface area (Å²) in [6.07, 6.45) is -3.16. The Morgan fingerprint density at radius 1 is 1.16 bits per heavy atom. The second-order valence-corrected chi connectivity index (χ2v) is 5.37. The number of imidazole rings is 1. The summed E-state index contributed by atoms with van der Waals surface area (Å²) in [5, 5.41) is 18.5. The van der Waals surface area contributed by atoms with Crippen LogP contribution in [0, 0.1) is 0 Å². The molecule has 2 aromatic heterocycles. The quantitative estimate of drug-likeness (QED) is 0.737. The minimum Gasteiger partial charge on any atom is -0.439 e. The van der Waals surface area contributed by atoms with Crippen molar-refractivity contribution in [3.8, 4) is 11.6 Å². The third-order valence-corrected chi connectivity index (χ3v) is 3.50. The molecule has 132 valence electrons. The van der Waals surface area contributed by atoms with E-state index in [0.717, 1.165) is 12.1 Å². The van der Waals surface area contributed by atoms with Crippen LogP contribution in [0.1, 0.15) is 5.56 Å². The largest absolute Gasteiger partial charge is 0.439 e. The molecule has 0 saturated heterocycles. The van der Waals surface area contributed by atoms with Gasteiger partial charge in [-0.1, -0.05) is 0 Å². The number of benzene rings is 1. The van der Waals surface area contributed by atoms with Crippen LogP contribution < -0.4 is 4.74 Å². The molecule has 3 rings (SSSR count). The van der Waals surface area contributed by atoms with E-state index < -0.39 is 17.8 Å². The second-order valence-electron chi connectivity index (χ2n) is 5.37. The zero-order valence-corrected chi connectivity index (χ0v) is 12.8. The van der Waals surface area contributed by atoms with E-state index in [1.165, 1.54) is 6.33 Å². The first-order chi connectivity index (χ1) is 11.9. The van der Waals surface area contributed by atoms with E-state index in [4.69, 9.17) is 9.84 Å². The van der Waals surface area contributed by atoms with Gasteiger partial charge in [0.05, 0.1) is 42.2 Å². The zero-order chi connectivity index (χ0) is 18.0. The monoisotopic (exact) mass is 353 g/mol. The molecule has 0 bridgehead atoms. The Morgan fingerprint density at radius 3 is 2.60 bits per heavy atom. The van der Waals surface area contributed by atoms with Crippen LogP contribution in [0.25, 0.3) is 11.0 Å². The van der Waals surface area contributed by atoms with Crippen molar-refractivity contribution in [2.45, 2.75) is 18.8 Å². The average molecular weight is 353 g/mol. The van der Waals surface area contributed by atoms with Gasteiger partial charge < -0.3 is 19.5 Å². The maximum Gasteiger partial charge on any atom is 0.417 e. The molecule has 9 heteroatoms. The highest BCUT2D eigenvalue weighted by molar-refractivity contribution is 5.77. The van der Waals surface area contributed by atoms with E-state index >= 15 is 0 Å². The molecule has 0 amide bonds. The first-order valence-electron chi connectivity index (χ1n) is 7.32. The maximum atomic E-state index is 12.5. The van der Waals surface area contributed by atoms with E-state index in [-0.39, 0.29) is 19.0 Å². The van der Waals surface area contributed by atoms with Crippen LogP contribution in [-0.2, 0) is 12.7 Å². The summed E-state index contributed by atoms with van der Waals surface area (Å²) in [7, 11) is 0. The Morgan fingerprint density at radius 2 is 1.96 bits per heavy atom. The van der Waals surface area contributed by atoms with Crippen molar-refractivity contribution in [2.75, 3.05) is 6.61 Å². The summed E-state index contributed by atoms with van der Waals surface area (Å²) >= 11 is 0. The number of hydrogen-bond donors (Lipinski definition) is 2. The van der Waals surface area contributed by atoms with Gasteiger partial charge >= 0.3 is 6.18 Å². The number of ether oxygens (including phenoxy) is 1. The number of aliphatic hydroxyl groups excluding tert-OH is 2. The molecule has 6 nitrogen and oxygen atoms in total. The molecule has 0 aliphatic rings. The van der Waals surface area contributed by atoms with Gasteiger partial charge in [-0.15, -0.1) is 0 Å². The lowest BCUT2D eigenvalue weighted by atomic mass is 10.2. The van der Waals surface area contributed by atoms with Crippen LogP contribution in [0.5, 0.6) is 11.6 Å². The number of hydrogen-bond acceptors (Lipinski definition) is 5. The van der Waals surface area contributed by atoms with E-state index in [9.17, 15) is 18.3 Å². The fourth-order valence-corrected chi connectivity index (χ4v) is 2.26. The third-order valence-electron chi connectivity index (χ3n) is 3.50. The molecule has 1 atom stereocenters. The van der Waals surface area contributed by atoms with Gasteiger partial charge in [0.25, 0.3) is 0 Å². The normalized spacial score (nSPS) is 13.2. The van der Waals surface area contributed by atoms with Crippen molar-refractivity contribution in [1.82, 2.24) is 14.5 Å². The fraction of sp³-hybridized carbons (Fsp3) is 0.250. The molecule has 0 aliphatic carbocycles. The van der Waals surface area contributed by atoms with Crippen LogP contribution in [0.3, 0.4) is 0 Å². The second kappa shape index (κ2) is 6.69. The highest BCUT2D eigenvalue weighted by atomic mass is 19.4. The number of fused-ring (bicyclic) bond motifs is 1. The summed E-state index contributed by atoms with van der Waals surface area (Å²) < 4.78 is 44.7. The molecule has 1 aromatic carbocycles. The molecule has 3 aromatic rings. The Hall–Kier alpha value is -2.65. The fourth-order valence-electron chi connectivity index (χ4n) is 2.26. The van der Waals surface area contributed by atoms with Crippen molar-refractivity contribution in [3.63, 3.8) is 0 Å². The maximum absolute atomic E-state index is 12.5. The summed E-state index contributed by atoms with van der Waals surface area (Å²) in [6.45, 7) is -0.236. The van der Waals surface area contributed by atoms with Crippen molar-refractivity contribution in [3.05, 3.63) is 48.4 Å². The number of halogens is 3. The van der Waals surface area contributed by atoms with Crippen molar-refractivity contribution in [1.29, 1.82) is 0 Å². The van der Waals surface area contributed by atoms with Crippen LogP contribution in [0.15, 0.2) is 42.9 Å². The van der Waals surface area contributed by atoms with Gasteiger partial charge in [-0.05, 0) is 18.2 Å². The molecule has 2 N–H and O–H groups in total. The lowest BCUT2D eigenvalue weighted by Gasteiger charge is -2.10. The van der Waals surface area contributed by atoms with Crippen LogP contribution in [0.2, 0.25) is 0 Å². The van der Waals surface area contributed by atoms with E-state index in [1.54, 1.807) is 22.8 Å². The summed E-state index contributed by atoms with van der Waals surface area (Å²) in [4.78, 5) is 7.82. The Balaban J connectivity index is 1.83. The van der Waals surface area contributed by atoms with E-state index in [2.05, 4.69) is 9.97 Å². The number of alkyl halides is 3. The molecule has 1 unspecified atom stereocenters. The minimum absolute atomic E-state index is 0.0220. The molecule has 0 fully saturated rings. The summed E-state index contributed by atoms with van der Waals surface area (Å²) in [5.74, 6) is 0.383. The summed E-state index contributed by atoms with van der Waals surface area (Å²) in [5.41, 5.74) is 0.446. The van der Waals surface area contributed by atoms with Gasteiger partial charge in [-0.3, -0.25) is 0 Å². The Labute approximate surface area is 140 Å². The van der Waals surface area contributed by atoms with Crippen molar-refractivity contribution >= 4 is 11.0 Å². The predicted molar refractivity (Wildman–Crippen MR) is 82.1 cm³/mol. The predicted octanol–water partition coefficient (Wildman–Crippen LogP) is 2.60. The molecule has 25 heavy (non-hydrogen) atoms. The number of pyridine rings is 1. The summed E-state index contributed by atoms with van der Waals surface area (Å²) in [6, 6.07) is 6.95. The first-order valence-corrected chi connectivity index (χ1v) is 7.32. The van der Waals surface area contributed by atoms with Gasteiger partial charge in [0.1, 0.15) is 5.75 Å². The number of nitrogens with zero attached hydrogens (tertiary/aromatic N) is 3. The topological polar surface area (TPSA) is 80.4 Å². The first kappa shape index (κ1) is 17.2. The molecular weight excluding hydrogens is 339 g/mol. The highest BCUT2D eigenvalue weighted by Crippen LogP contribution is 2.30. The van der Waals surface area contributed by atoms with Crippen molar-refractivity contribution < 1.29 is 28.1 Å². The number of aromatic nitrogens is 3. The zero-order valence-electron chi connectivity index (χ0n) is 12.8. The van der Waals surface area contributed by atoms with Crippen molar-refractivity contribution in [2.24, 2.45) is 0 Å². The molecule has 0 aliphatic heterocycles. The van der Waals surface area contributed by atoms with Gasteiger partial charge in [0, 0.05) is 18.3 Å². The molecule has 0 radical (unpaired) electrons. The van der Waals surface area contributed by atoms with E-state index in [1.807, 2.05) is 0 Å². The lowest BCUT2D eigenvalue weighted by Crippen LogP contribution is -2.19. The molecule has 2 heterocycles. The SMILES string of the molecule is OCC(O)Cn1cnc2ccc(Oc3ccc(C(F)(F)F)cn3)cc21. The van der Waals surface area contributed by atoms with Gasteiger partial charge in [-0.25, -0.2) is 9.97 Å². The van der Waals surface area contributed by atoms with Crippen LogP contribution in [-0.4, -0.2) is 37.5 Å². The molecule has 0 saturated carbocycles. The molecular formula is C16H14F3N3O3. The third kappa shape index (κ3) is 3.89. The van der Waals surface area contributed by atoms with Gasteiger partial charge in [-0.2, -0.15) is 13.2 Å². The van der Waals surface area contributed by atoms with Gasteiger partial charge in [0.15, 0.2) is 0 Å². The molecule has 0 spiro atoms. The Kier molecular flexibility index (Phi) is 4.60. The van der Waals surface area contributed by atoms with Crippen LogP contribution in [0.4, 0.5) is 13.2 Å². The van der Waals surface area contributed by atoms with Gasteiger partial charge in [0.2, 0.25) is 5.88 Å². The lowest BCUT2D eigenvalue weighted by molar-refractivity contribution is -0.137. The van der Waals surface area contributed by atoms with E-state index in [0.29, 0.717) is 23.0 Å². The standard InChI is InChI=1S/C16H14F3N3O3/c17-16(18,19)10-1-4-15(20-6-10)25-12-2-3-13-14(5-12)22(9-21-13)7-11(24)8-23/h1-6,9,11,23-24H,7-8H2. The minimum atomic E-state index is -4.45. The average Bonchev–Trinajstić information content (AvgIpc) is 2.97. The highest BCUT2D eigenvalue weighted by Gasteiger charge is 2.30.